The molecule has 2 amide bonds. The molecule has 3 aliphatic rings. The molecule has 2 saturated heterocycles. The van der Waals surface area contributed by atoms with Crippen molar-refractivity contribution in [3.63, 3.8) is 0 Å². The van der Waals surface area contributed by atoms with Gasteiger partial charge in [-0.3, -0.25) is 9.59 Å². The topological polar surface area (TPSA) is 78.0 Å². The summed E-state index contributed by atoms with van der Waals surface area (Å²) in [5, 5.41) is -0.0735. The Balaban J connectivity index is 1.59. The summed E-state index contributed by atoms with van der Waals surface area (Å²) in [4.78, 5) is 28.4. The molecule has 2 fully saturated rings. The van der Waals surface area contributed by atoms with Crippen LogP contribution in [0.2, 0.25) is 0 Å². The van der Waals surface area contributed by atoms with Crippen molar-refractivity contribution in [3.05, 3.63) is 35.0 Å². The number of sulfonamides is 1. The Kier molecular flexibility index (Phi) is 4.73. The average Bonchev–Trinajstić information content (AvgIpc) is 3.39. The van der Waals surface area contributed by atoms with Crippen LogP contribution in [0.15, 0.2) is 39.9 Å². The lowest BCUT2D eigenvalue weighted by Crippen LogP contribution is -2.34. The number of halogens is 1. The first kappa shape index (κ1) is 18.5. The van der Waals surface area contributed by atoms with Gasteiger partial charge in [0.15, 0.2) is 0 Å². The summed E-state index contributed by atoms with van der Waals surface area (Å²) in [5.41, 5.74) is 0.561. The van der Waals surface area contributed by atoms with Gasteiger partial charge >= 0.3 is 0 Å². The van der Waals surface area contributed by atoms with Gasteiger partial charge < -0.3 is 4.90 Å². The third-order valence-electron chi connectivity index (χ3n) is 5.22. The minimum Gasteiger partial charge on any atom is -0.366 e. The smallest absolute Gasteiger partial charge is 0.283 e. The maximum absolute atomic E-state index is 12.8. The van der Waals surface area contributed by atoms with Gasteiger partial charge in [0, 0.05) is 26.2 Å². The molecular formula is C18H20ClN3O4S. The van der Waals surface area contributed by atoms with E-state index in [2.05, 4.69) is 0 Å². The first-order chi connectivity index (χ1) is 12.9. The van der Waals surface area contributed by atoms with Crippen molar-refractivity contribution in [1.29, 1.82) is 0 Å². The van der Waals surface area contributed by atoms with Gasteiger partial charge in [-0.15, -0.1) is 0 Å². The molecule has 0 saturated carbocycles. The molecule has 3 heterocycles. The van der Waals surface area contributed by atoms with Gasteiger partial charge in [-0.05, 0) is 49.9 Å². The molecule has 0 spiro atoms. The van der Waals surface area contributed by atoms with E-state index in [4.69, 9.17) is 11.6 Å². The van der Waals surface area contributed by atoms with Crippen LogP contribution in [0.5, 0.6) is 0 Å². The monoisotopic (exact) mass is 409 g/mol. The van der Waals surface area contributed by atoms with Crippen molar-refractivity contribution < 1.29 is 18.0 Å². The molecule has 144 valence electrons. The van der Waals surface area contributed by atoms with Crippen LogP contribution in [-0.4, -0.2) is 55.6 Å². The van der Waals surface area contributed by atoms with E-state index in [9.17, 15) is 18.0 Å². The number of benzene rings is 1. The van der Waals surface area contributed by atoms with Crippen molar-refractivity contribution >= 4 is 39.1 Å². The van der Waals surface area contributed by atoms with E-state index >= 15 is 0 Å². The quantitative estimate of drug-likeness (QED) is 0.709. The zero-order valence-corrected chi connectivity index (χ0v) is 16.3. The molecule has 4 rings (SSSR count). The van der Waals surface area contributed by atoms with Gasteiger partial charge in [0.2, 0.25) is 10.0 Å². The Morgan fingerprint density at radius 1 is 0.815 bits per heavy atom. The zero-order valence-electron chi connectivity index (χ0n) is 14.7. The van der Waals surface area contributed by atoms with Gasteiger partial charge in [-0.1, -0.05) is 11.6 Å². The van der Waals surface area contributed by atoms with Crippen molar-refractivity contribution in [2.45, 2.75) is 30.6 Å². The lowest BCUT2D eigenvalue weighted by molar-refractivity contribution is -0.121. The summed E-state index contributed by atoms with van der Waals surface area (Å²) in [6, 6.07) is 5.84. The van der Waals surface area contributed by atoms with Crippen LogP contribution >= 0.6 is 11.6 Å². The molecule has 0 atom stereocenters. The Labute approximate surface area is 163 Å². The minimum atomic E-state index is -3.54. The van der Waals surface area contributed by atoms with Gasteiger partial charge in [-0.25, -0.2) is 13.3 Å². The number of amides is 2. The zero-order chi connectivity index (χ0) is 19.2. The summed E-state index contributed by atoms with van der Waals surface area (Å²) < 4.78 is 26.7. The molecule has 0 radical (unpaired) electrons. The number of carbonyl (C=O) groups is 2. The van der Waals surface area contributed by atoms with Crippen molar-refractivity contribution in [2.75, 3.05) is 31.1 Å². The molecule has 0 unspecified atom stereocenters. The van der Waals surface area contributed by atoms with Gasteiger partial charge in [0.1, 0.15) is 10.7 Å². The van der Waals surface area contributed by atoms with E-state index in [1.165, 1.54) is 28.6 Å². The summed E-state index contributed by atoms with van der Waals surface area (Å²) in [5.74, 6) is -1.03. The average molecular weight is 410 g/mol. The first-order valence-corrected chi connectivity index (χ1v) is 10.9. The second-order valence-corrected chi connectivity index (χ2v) is 9.22. The van der Waals surface area contributed by atoms with Crippen LogP contribution in [0, 0.1) is 0 Å². The molecule has 0 aromatic heterocycles. The Hall–Kier alpha value is -1.90. The van der Waals surface area contributed by atoms with Crippen LogP contribution in [0.4, 0.5) is 5.69 Å². The highest BCUT2D eigenvalue weighted by Crippen LogP contribution is 2.33. The number of rotatable bonds is 4. The van der Waals surface area contributed by atoms with E-state index in [0.29, 0.717) is 31.9 Å². The molecule has 3 aliphatic heterocycles. The maximum atomic E-state index is 12.8. The van der Waals surface area contributed by atoms with Crippen molar-refractivity contribution in [3.8, 4) is 0 Å². The van der Waals surface area contributed by atoms with Gasteiger partial charge in [0.05, 0.1) is 10.6 Å². The molecule has 0 N–H and O–H groups in total. The SMILES string of the molecule is O=C1C(Cl)=C(N2CCCC2)C(=O)N1c1ccc(S(=O)(=O)N2CCCC2)cc1. The van der Waals surface area contributed by atoms with Crippen molar-refractivity contribution in [2.24, 2.45) is 0 Å². The fourth-order valence-corrected chi connectivity index (χ4v) is 5.59. The van der Waals surface area contributed by atoms with Crippen LogP contribution in [0.25, 0.3) is 0 Å². The lowest BCUT2D eigenvalue weighted by Gasteiger charge is -2.20. The fraction of sp³-hybridized carbons (Fsp3) is 0.444. The van der Waals surface area contributed by atoms with Crippen LogP contribution in [-0.2, 0) is 19.6 Å². The molecule has 1 aromatic carbocycles. The molecule has 7 nitrogen and oxygen atoms in total. The molecule has 1 aromatic rings. The summed E-state index contributed by atoms with van der Waals surface area (Å²) in [6.07, 6.45) is 3.63. The third-order valence-corrected chi connectivity index (χ3v) is 7.48. The predicted molar refractivity (Wildman–Crippen MR) is 101 cm³/mol. The molecule has 0 aliphatic carbocycles. The van der Waals surface area contributed by atoms with E-state index in [1.807, 2.05) is 4.90 Å². The third kappa shape index (κ3) is 3.05. The highest BCUT2D eigenvalue weighted by Gasteiger charge is 2.42. The van der Waals surface area contributed by atoms with Crippen LogP contribution in [0.1, 0.15) is 25.7 Å². The van der Waals surface area contributed by atoms with E-state index in [0.717, 1.165) is 30.6 Å². The van der Waals surface area contributed by atoms with Crippen LogP contribution in [0.3, 0.4) is 0 Å². The summed E-state index contributed by atoms with van der Waals surface area (Å²) in [7, 11) is -3.54. The second kappa shape index (κ2) is 6.92. The first-order valence-electron chi connectivity index (χ1n) is 9.05. The maximum Gasteiger partial charge on any atom is 0.283 e. The lowest BCUT2D eigenvalue weighted by atomic mass is 10.3. The molecule has 0 bridgehead atoms. The summed E-state index contributed by atoms with van der Waals surface area (Å²) in [6.45, 7) is 2.44. The molecule has 9 heteroatoms. The number of imide groups is 1. The number of hydrogen-bond acceptors (Lipinski definition) is 5. The van der Waals surface area contributed by atoms with Gasteiger partial charge in [-0.2, -0.15) is 4.31 Å². The highest BCUT2D eigenvalue weighted by molar-refractivity contribution is 7.89. The number of likely N-dealkylation sites (tertiary alicyclic amines) is 1. The number of hydrogen-bond donors (Lipinski definition) is 0. The fourth-order valence-electron chi connectivity index (χ4n) is 3.79. The Morgan fingerprint density at radius 2 is 1.37 bits per heavy atom. The Morgan fingerprint density at radius 3 is 1.96 bits per heavy atom. The van der Waals surface area contributed by atoms with Crippen molar-refractivity contribution in [1.82, 2.24) is 9.21 Å². The molecular weight excluding hydrogens is 390 g/mol. The summed E-state index contributed by atoms with van der Waals surface area (Å²) >= 11 is 6.16. The number of anilines is 1. The van der Waals surface area contributed by atoms with Crippen LogP contribution < -0.4 is 4.90 Å². The predicted octanol–water partition coefficient (Wildman–Crippen LogP) is 1.89. The van der Waals surface area contributed by atoms with E-state index in [1.54, 1.807) is 0 Å². The van der Waals surface area contributed by atoms with Gasteiger partial charge in [0.25, 0.3) is 11.8 Å². The number of nitrogens with zero attached hydrogens (tertiary/aromatic N) is 3. The Bertz CT molecular complexity index is 914. The normalized spacial score (nSPS) is 21.8. The largest absolute Gasteiger partial charge is 0.366 e. The minimum absolute atomic E-state index is 0.0735. The number of carbonyl (C=O) groups excluding carboxylic acids is 2. The van der Waals surface area contributed by atoms with E-state index < -0.39 is 21.8 Å². The standard InChI is InChI=1S/C18H20ClN3O4S/c19-15-16(20-9-1-2-10-20)18(24)22(17(15)23)13-5-7-14(8-6-13)27(25,26)21-11-3-4-12-21/h5-8H,1-4,9-12H2. The second-order valence-electron chi connectivity index (χ2n) is 6.91. The highest BCUT2D eigenvalue weighted by atomic mass is 35.5. The van der Waals surface area contributed by atoms with E-state index in [-0.39, 0.29) is 15.6 Å². The molecule has 27 heavy (non-hydrogen) atoms.